The van der Waals surface area contributed by atoms with Gasteiger partial charge in [-0.05, 0) is 32.4 Å². The number of aryl methyl sites for hydroxylation is 3. The lowest BCUT2D eigenvalue weighted by atomic mass is 10.2. The highest BCUT2D eigenvalue weighted by Crippen LogP contribution is 2.26. The van der Waals surface area contributed by atoms with Gasteiger partial charge in [0.05, 0.1) is 11.4 Å². The number of nitrogens with zero attached hydrogens (tertiary/aromatic N) is 4. The van der Waals surface area contributed by atoms with E-state index in [1.807, 2.05) is 32.0 Å². The molecule has 3 rings (SSSR count). The van der Waals surface area contributed by atoms with Gasteiger partial charge in [0.2, 0.25) is 0 Å². The summed E-state index contributed by atoms with van der Waals surface area (Å²) in [5.74, 6) is 2.41. The van der Waals surface area contributed by atoms with E-state index in [9.17, 15) is 0 Å². The lowest BCUT2D eigenvalue weighted by Crippen LogP contribution is -2.01. The van der Waals surface area contributed by atoms with Crippen molar-refractivity contribution >= 4 is 11.8 Å². The molecule has 0 N–H and O–H groups in total. The first-order chi connectivity index (χ1) is 10.1. The Morgan fingerprint density at radius 1 is 1.14 bits per heavy atom. The van der Waals surface area contributed by atoms with Crippen molar-refractivity contribution < 1.29 is 4.52 Å². The molecule has 0 saturated carbocycles. The largest absolute Gasteiger partial charge is 0.361 e. The number of benzene rings is 1. The molecule has 2 aromatic heterocycles. The van der Waals surface area contributed by atoms with Crippen LogP contribution < -0.4 is 0 Å². The van der Waals surface area contributed by atoms with Gasteiger partial charge < -0.3 is 4.52 Å². The molecule has 21 heavy (non-hydrogen) atoms. The summed E-state index contributed by atoms with van der Waals surface area (Å²) >= 11 is 1.60. The summed E-state index contributed by atoms with van der Waals surface area (Å²) in [6.07, 6.45) is 0. The molecule has 0 atom stereocenters. The van der Waals surface area contributed by atoms with Gasteiger partial charge in [-0.3, -0.25) is 4.57 Å². The molecule has 0 unspecified atom stereocenters. The zero-order valence-corrected chi connectivity index (χ0v) is 13.0. The van der Waals surface area contributed by atoms with Crippen LogP contribution in [0.5, 0.6) is 0 Å². The van der Waals surface area contributed by atoms with Crippen LogP contribution in [0, 0.1) is 20.8 Å². The number of rotatable bonds is 4. The standard InChI is InChI=1S/C15H16N4OS/c1-10-6-4-5-7-14(10)19-12(3)16-17-15(19)21-9-13-8-11(2)20-18-13/h4-8H,9H2,1-3H3. The minimum Gasteiger partial charge on any atom is -0.361 e. The Kier molecular flexibility index (Phi) is 3.79. The van der Waals surface area contributed by atoms with Crippen LogP contribution in [-0.2, 0) is 5.75 Å². The van der Waals surface area contributed by atoms with E-state index >= 15 is 0 Å². The van der Waals surface area contributed by atoms with Gasteiger partial charge in [0.1, 0.15) is 11.6 Å². The minimum atomic E-state index is 0.710. The second-order valence-electron chi connectivity index (χ2n) is 4.87. The normalized spacial score (nSPS) is 11.0. The number of thioether (sulfide) groups is 1. The highest BCUT2D eigenvalue weighted by atomic mass is 32.2. The minimum absolute atomic E-state index is 0.710. The molecule has 5 nitrogen and oxygen atoms in total. The molecule has 0 aliphatic rings. The third-order valence-electron chi connectivity index (χ3n) is 3.18. The first-order valence-electron chi connectivity index (χ1n) is 6.68. The van der Waals surface area contributed by atoms with Gasteiger partial charge in [-0.1, -0.05) is 35.1 Å². The van der Waals surface area contributed by atoms with Crippen LogP contribution in [0.1, 0.15) is 22.8 Å². The summed E-state index contributed by atoms with van der Waals surface area (Å²) in [5, 5.41) is 13.3. The van der Waals surface area contributed by atoms with Gasteiger partial charge in [-0.25, -0.2) is 0 Å². The lowest BCUT2D eigenvalue weighted by Gasteiger charge is -2.10. The van der Waals surface area contributed by atoms with Crippen molar-refractivity contribution in [2.75, 3.05) is 0 Å². The Bertz CT molecular complexity index is 763. The molecule has 1 aromatic carbocycles. The molecule has 0 fully saturated rings. The highest BCUT2D eigenvalue weighted by molar-refractivity contribution is 7.98. The maximum atomic E-state index is 5.09. The molecule has 6 heteroatoms. The Morgan fingerprint density at radius 3 is 2.67 bits per heavy atom. The van der Waals surface area contributed by atoms with Crippen LogP contribution in [0.3, 0.4) is 0 Å². The van der Waals surface area contributed by atoms with E-state index in [1.165, 1.54) is 5.56 Å². The molecule has 0 bridgehead atoms. The molecular weight excluding hydrogens is 284 g/mol. The van der Waals surface area contributed by atoms with Crippen LogP contribution in [0.4, 0.5) is 0 Å². The van der Waals surface area contributed by atoms with E-state index in [0.717, 1.165) is 28.1 Å². The zero-order valence-electron chi connectivity index (χ0n) is 12.2. The quantitative estimate of drug-likeness (QED) is 0.690. The average molecular weight is 300 g/mol. The molecule has 0 aliphatic heterocycles. The predicted octanol–water partition coefficient (Wildman–Crippen LogP) is 3.47. The van der Waals surface area contributed by atoms with Gasteiger partial charge in [0.15, 0.2) is 5.16 Å². The first-order valence-corrected chi connectivity index (χ1v) is 7.66. The Labute approximate surface area is 127 Å². The third-order valence-corrected chi connectivity index (χ3v) is 4.14. The van der Waals surface area contributed by atoms with Crippen LogP contribution in [0.15, 0.2) is 40.0 Å². The molecular formula is C15H16N4OS. The number of para-hydroxylation sites is 1. The van der Waals surface area contributed by atoms with Gasteiger partial charge in [-0.15, -0.1) is 10.2 Å². The second kappa shape index (κ2) is 5.73. The van der Waals surface area contributed by atoms with E-state index in [-0.39, 0.29) is 0 Å². The van der Waals surface area contributed by atoms with Gasteiger partial charge in [-0.2, -0.15) is 0 Å². The summed E-state index contributed by atoms with van der Waals surface area (Å²) in [5.41, 5.74) is 3.22. The lowest BCUT2D eigenvalue weighted by molar-refractivity contribution is 0.393. The molecule has 0 radical (unpaired) electrons. The van der Waals surface area contributed by atoms with Gasteiger partial charge in [0.25, 0.3) is 0 Å². The van der Waals surface area contributed by atoms with Crippen molar-refractivity contribution in [1.29, 1.82) is 0 Å². The highest BCUT2D eigenvalue weighted by Gasteiger charge is 2.13. The van der Waals surface area contributed by atoms with Crippen molar-refractivity contribution in [3.8, 4) is 5.69 Å². The fraction of sp³-hybridized carbons (Fsp3) is 0.267. The van der Waals surface area contributed by atoms with Crippen LogP contribution in [0.2, 0.25) is 0 Å². The van der Waals surface area contributed by atoms with Crippen LogP contribution in [0.25, 0.3) is 5.69 Å². The number of aromatic nitrogens is 4. The molecule has 0 amide bonds. The van der Waals surface area contributed by atoms with Crippen molar-refractivity contribution in [1.82, 2.24) is 19.9 Å². The summed E-state index contributed by atoms with van der Waals surface area (Å²) in [6.45, 7) is 5.94. The van der Waals surface area contributed by atoms with E-state index in [2.05, 4.69) is 39.0 Å². The molecule has 0 spiro atoms. The Balaban J connectivity index is 1.89. The maximum Gasteiger partial charge on any atom is 0.196 e. The van der Waals surface area contributed by atoms with E-state index in [1.54, 1.807) is 11.8 Å². The summed E-state index contributed by atoms with van der Waals surface area (Å²) in [4.78, 5) is 0. The first kappa shape index (κ1) is 13.9. The monoisotopic (exact) mass is 300 g/mol. The van der Waals surface area contributed by atoms with Crippen LogP contribution >= 0.6 is 11.8 Å². The molecule has 0 aliphatic carbocycles. The molecule has 2 heterocycles. The van der Waals surface area contributed by atoms with Crippen molar-refractivity contribution in [3.63, 3.8) is 0 Å². The maximum absolute atomic E-state index is 5.09. The van der Waals surface area contributed by atoms with E-state index in [0.29, 0.717) is 5.75 Å². The smallest absolute Gasteiger partial charge is 0.196 e. The van der Waals surface area contributed by atoms with Gasteiger partial charge >= 0.3 is 0 Å². The van der Waals surface area contributed by atoms with Crippen molar-refractivity contribution in [2.45, 2.75) is 31.7 Å². The zero-order chi connectivity index (χ0) is 14.8. The second-order valence-corrected chi connectivity index (χ2v) is 5.81. The summed E-state index contributed by atoms with van der Waals surface area (Å²) < 4.78 is 7.16. The predicted molar refractivity (Wildman–Crippen MR) is 81.6 cm³/mol. The molecule has 0 saturated heterocycles. The molecule has 3 aromatic rings. The Morgan fingerprint density at radius 2 is 1.95 bits per heavy atom. The van der Waals surface area contributed by atoms with Crippen molar-refractivity contribution in [3.05, 3.63) is 53.2 Å². The fourth-order valence-electron chi connectivity index (χ4n) is 2.15. The average Bonchev–Trinajstić information content (AvgIpc) is 3.04. The number of hydrogen-bond donors (Lipinski definition) is 0. The summed E-state index contributed by atoms with van der Waals surface area (Å²) in [7, 11) is 0. The third kappa shape index (κ3) is 2.85. The summed E-state index contributed by atoms with van der Waals surface area (Å²) in [6, 6.07) is 10.2. The number of hydrogen-bond acceptors (Lipinski definition) is 5. The van der Waals surface area contributed by atoms with E-state index < -0.39 is 0 Å². The Hall–Kier alpha value is -2.08. The van der Waals surface area contributed by atoms with Gasteiger partial charge in [0, 0.05) is 11.8 Å². The van der Waals surface area contributed by atoms with Crippen molar-refractivity contribution in [2.24, 2.45) is 0 Å². The fourth-order valence-corrected chi connectivity index (χ4v) is 3.02. The SMILES string of the molecule is Cc1cc(CSc2nnc(C)n2-c2ccccc2C)no1. The molecule has 108 valence electrons. The topological polar surface area (TPSA) is 56.7 Å². The van der Waals surface area contributed by atoms with Crippen LogP contribution in [-0.4, -0.2) is 19.9 Å². The van der Waals surface area contributed by atoms with E-state index in [4.69, 9.17) is 4.52 Å².